The van der Waals surface area contributed by atoms with Crippen molar-refractivity contribution in [3.8, 4) is 0 Å². The van der Waals surface area contributed by atoms with Crippen molar-refractivity contribution in [2.45, 2.75) is 16.6 Å². The molecule has 0 spiro atoms. The Morgan fingerprint density at radius 3 is 2.73 bits per heavy atom. The van der Waals surface area contributed by atoms with Gasteiger partial charge in [-0.2, -0.15) is 0 Å². The van der Waals surface area contributed by atoms with Crippen LogP contribution in [0.5, 0.6) is 0 Å². The fraction of sp³-hybridized carbons (Fsp3) is 0.250. The summed E-state index contributed by atoms with van der Waals surface area (Å²) in [6.07, 6.45) is -1.36. The molecule has 1 aromatic carbocycles. The van der Waals surface area contributed by atoms with E-state index in [1.165, 1.54) is 18.3 Å². The maximum Gasteiger partial charge on any atom is 0.271 e. The Hall–Kier alpha value is -1.68. The average molecular weight is 419 g/mol. The highest BCUT2D eigenvalue weighted by molar-refractivity contribution is 7.94. The molecular weight excluding hydrogens is 406 g/mol. The van der Waals surface area contributed by atoms with Gasteiger partial charge in [-0.15, -0.1) is 11.3 Å². The number of hydrogen-bond acceptors (Lipinski definition) is 4. The molecule has 0 radical (unpaired) electrons. The Bertz CT molecular complexity index is 1070. The highest BCUT2D eigenvalue weighted by Crippen LogP contribution is 2.39. The molecule has 0 atom stereocenters. The van der Waals surface area contributed by atoms with Gasteiger partial charge in [0.05, 0.1) is 29.4 Å². The summed E-state index contributed by atoms with van der Waals surface area (Å²) in [5.74, 6) is 0.0500. The zero-order valence-electron chi connectivity index (χ0n) is 13.1. The Morgan fingerprint density at radius 2 is 2.08 bits per heavy atom. The number of rotatable bonds is 5. The molecule has 4 rings (SSSR count). The number of H-pyrrole nitrogens is 1. The lowest BCUT2D eigenvalue weighted by Gasteiger charge is -2.26. The largest absolute Gasteiger partial charge is 0.380 e. The van der Waals surface area contributed by atoms with E-state index in [2.05, 4.69) is 9.71 Å². The highest BCUT2D eigenvalue weighted by Gasteiger charge is 2.30. The van der Waals surface area contributed by atoms with Gasteiger partial charge in [-0.3, -0.25) is 4.72 Å². The molecule has 0 aliphatic carbocycles. The number of anilines is 1. The van der Waals surface area contributed by atoms with Crippen LogP contribution in [-0.2, 0) is 14.8 Å². The third kappa shape index (κ3) is 2.88. The van der Waals surface area contributed by atoms with Crippen LogP contribution in [0, 0.1) is 0 Å². The van der Waals surface area contributed by atoms with Crippen LogP contribution in [0.4, 0.5) is 14.5 Å². The first-order chi connectivity index (χ1) is 12.4. The van der Waals surface area contributed by atoms with E-state index >= 15 is 0 Å². The Morgan fingerprint density at radius 1 is 1.31 bits per heavy atom. The third-order valence-corrected chi connectivity index (χ3v) is 7.46. The van der Waals surface area contributed by atoms with Gasteiger partial charge in [0.1, 0.15) is 4.21 Å². The predicted molar refractivity (Wildman–Crippen MR) is 97.0 cm³/mol. The van der Waals surface area contributed by atoms with Crippen molar-refractivity contribution >= 4 is 49.6 Å². The number of thiophene rings is 1. The topological polar surface area (TPSA) is 71.2 Å². The van der Waals surface area contributed by atoms with Crippen LogP contribution < -0.4 is 4.72 Å². The standard InChI is InChI=1S/C16H13ClF2N2O3S2/c17-11-5-20-14-12(2-1-10(13(11)14)15(18)19)21-26(22,23)16-9(3-4-25-16)8-6-24-7-8/h1-5,8,15,20-21H,6-7H2. The first-order valence-electron chi connectivity index (χ1n) is 7.64. The van der Waals surface area contributed by atoms with Gasteiger partial charge in [-0.05, 0) is 23.1 Å². The zero-order chi connectivity index (χ0) is 18.5. The van der Waals surface area contributed by atoms with Gasteiger partial charge in [0.25, 0.3) is 16.4 Å². The molecule has 0 amide bonds. The van der Waals surface area contributed by atoms with Gasteiger partial charge in [0.2, 0.25) is 0 Å². The van der Waals surface area contributed by atoms with Crippen molar-refractivity contribution < 1.29 is 21.9 Å². The fourth-order valence-corrected chi connectivity index (χ4v) is 5.80. The van der Waals surface area contributed by atoms with E-state index < -0.39 is 16.4 Å². The SMILES string of the molecule is O=S(=O)(Nc1ccc(C(F)F)c2c(Cl)c[nH]c12)c1sccc1C1COC1. The van der Waals surface area contributed by atoms with Crippen molar-refractivity contribution in [2.75, 3.05) is 17.9 Å². The number of ether oxygens (including phenoxy) is 1. The molecule has 138 valence electrons. The molecule has 0 saturated carbocycles. The van der Waals surface area contributed by atoms with Crippen LogP contribution in [-0.4, -0.2) is 26.6 Å². The fourth-order valence-electron chi connectivity index (χ4n) is 2.93. The maximum atomic E-state index is 13.2. The van der Waals surface area contributed by atoms with Crippen LogP contribution in [0.3, 0.4) is 0 Å². The Kier molecular flexibility index (Phi) is 4.42. The monoisotopic (exact) mass is 418 g/mol. The van der Waals surface area contributed by atoms with Crippen LogP contribution in [0.2, 0.25) is 5.02 Å². The molecule has 1 aliphatic heterocycles. The summed E-state index contributed by atoms with van der Waals surface area (Å²) >= 11 is 7.11. The molecule has 1 aliphatic rings. The molecule has 1 fully saturated rings. The van der Waals surface area contributed by atoms with E-state index in [-0.39, 0.29) is 37.3 Å². The van der Waals surface area contributed by atoms with Gasteiger partial charge in [0, 0.05) is 23.1 Å². The van der Waals surface area contributed by atoms with Crippen molar-refractivity contribution in [3.63, 3.8) is 0 Å². The second-order valence-corrected chi connectivity index (χ2v) is 9.09. The minimum Gasteiger partial charge on any atom is -0.380 e. The number of alkyl halides is 2. The minimum absolute atomic E-state index is 0.0500. The number of fused-ring (bicyclic) bond motifs is 1. The average Bonchev–Trinajstić information content (AvgIpc) is 3.14. The van der Waals surface area contributed by atoms with Gasteiger partial charge in [-0.1, -0.05) is 17.7 Å². The van der Waals surface area contributed by atoms with Crippen LogP contribution in [0.15, 0.2) is 34.0 Å². The van der Waals surface area contributed by atoms with E-state index in [1.807, 2.05) is 0 Å². The van der Waals surface area contributed by atoms with Gasteiger partial charge < -0.3 is 9.72 Å². The van der Waals surface area contributed by atoms with E-state index in [1.54, 1.807) is 11.4 Å². The summed E-state index contributed by atoms with van der Waals surface area (Å²) in [5.41, 5.74) is 0.846. The van der Waals surface area contributed by atoms with E-state index in [4.69, 9.17) is 16.3 Å². The number of sulfonamides is 1. The minimum atomic E-state index is -3.87. The lowest BCUT2D eigenvalue weighted by molar-refractivity contribution is 0.00763. The molecular formula is C16H13ClF2N2O3S2. The summed E-state index contributed by atoms with van der Waals surface area (Å²) < 4.78 is 60.0. The van der Waals surface area contributed by atoms with Gasteiger partial charge >= 0.3 is 0 Å². The number of hydrogen-bond donors (Lipinski definition) is 2. The van der Waals surface area contributed by atoms with Crippen LogP contribution >= 0.6 is 22.9 Å². The molecule has 0 unspecified atom stereocenters. The smallest absolute Gasteiger partial charge is 0.271 e. The Labute approximate surface area is 157 Å². The number of aromatic nitrogens is 1. The number of benzene rings is 1. The quantitative estimate of drug-likeness (QED) is 0.629. The third-order valence-electron chi connectivity index (χ3n) is 4.28. The lowest BCUT2D eigenvalue weighted by atomic mass is 10.0. The summed E-state index contributed by atoms with van der Waals surface area (Å²) in [6.45, 7) is 0.970. The molecule has 3 aromatic rings. The second kappa shape index (κ2) is 6.49. The van der Waals surface area contributed by atoms with Gasteiger partial charge in [0.15, 0.2) is 0 Å². The highest BCUT2D eigenvalue weighted by atomic mass is 35.5. The van der Waals surface area contributed by atoms with Gasteiger partial charge in [-0.25, -0.2) is 17.2 Å². The molecule has 3 heterocycles. The van der Waals surface area contributed by atoms with Crippen molar-refractivity contribution in [1.82, 2.24) is 4.98 Å². The number of halogens is 3. The van der Waals surface area contributed by atoms with E-state index in [0.717, 1.165) is 11.3 Å². The first kappa shape index (κ1) is 17.7. The molecule has 1 saturated heterocycles. The van der Waals surface area contributed by atoms with Crippen molar-refractivity contribution in [3.05, 3.63) is 45.9 Å². The Balaban J connectivity index is 1.76. The van der Waals surface area contributed by atoms with Crippen LogP contribution in [0.25, 0.3) is 10.9 Å². The zero-order valence-corrected chi connectivity index (χ0v) is 15.5. The van der Waals surface area contributed by atoms with Crippen molar-refractivity contribution in [2.24, 2.45) is 0 Å². The normalized spacial score (nSPS) is 15.5. The summed E-state index contributed by atoms with van der Waals surface area (Å²) in [7, 11) is -3.87. The molecule has 10 heteroatoms. The predicted octanol–water partition coefficient (Wildman–Crippen LogP) is 4.74. The molecule has 2 aromatic heterocycles. The number of aromatic amines is 1. The summed E-state index contributed by atoms with van der Waals surface area (Å²) in [4.78, 5) is 2.77. The lowest BCUT2D eigenvalue weighted by Crippen LogP contribution is -2.26. The van der Waals surface area contributed by atoms with Crippen LogP contribution in [0.1, 0.15) is 23.5 Å². The molecule has 5 nitrogen and oxygen atoms in total. The second-order valence-electron chi connectivity index (χ2n) is 5.89. The summed E-state index contributed by atoms with van der Waals surface area (Å²) in [6, 6.07) is 4.26. The van der Waals surface area contributed by atoms with E-state index in [9.17, 15) is 17.2 Å². The number of nitrogens with one attached hydrogen (secondary N) is 2. The molecule has 0 bridgehead atoms. The molecule has 26 heavy (non-hydrogen) atoms. The van der Waals surface area contributed by atoms with Crippen molar-refractivity contribution in [1.29, 1.82) is 0 Å². The molecule has 2 N–H and O–H groups in total. The summed E-state index contributed by atoms with van der Waals surface area (Å²) in [5, 5.41) is 1.93. The maximum absolute atomic E-state index is 13.2. The van der Waals surface area contributed by atoms with E-state index in [0.29, 0.717) is 18.8 Å². The first-order valence-corrected chi connectivity index (χ1v) is 10.4.